The molecule has 0 bridgehead atoms. The van der Waals surface area contributed by atoms with Gasteiger partial charge in [-0.2, -0.15) is 0 Å². The highest BCUT2D eigenvalue weighted by molar-refractivity contribution is 7.15. The highest BCUT2D eigenvalue weighted by Gasteiger charge is 2.34. The molecule has 1 atom stereocenters. The minimum Gasteiger partial charge on any atom is -0.497 e. The van der Waals surface area contributed by atoms with Crippen LogP contribution in [0.25, 0.3) is 0 Å². The molecule has 0 unspecified atom stereocenters. The molecule has 1 aromatic heterocycles. The third-order valence-corrected chi connectivity index (χ3v) is 6.26. The van der Waals surface area contributed by atoms with Gasteiger partial charge in [-0.25, -0.2) is 0 Å². The maximum atomic E-state index is 12.5. The van der Waals surface area contributed by atoms with Gasteiger partial charge in [-0.05, 0) is 42.7 Å². The molecule has 2 heterocycles. The van der Waals surface area contributed by atoms with Crippen molar-refractivity contribution in [2.45, 2.75) is 31.6 Å². The van der Waals surface area contributed by atoms with Crippen LogP contribution in [0.1, 0.15) is 35.8 Å². The molecule has 2 amide bonds. The molecular formula is C23H24N4O3S. The van der Waals surface area contributed by atoms with E-state index in [-0.39, 0.29) is 17.7 Å². The van der Waals surface area contributed by atoms with E-state index in [1.165, 1.54) is 16.9 Å². The summed E-state index contributed by atoms with van der Waals surface area (Å²) in [5.41, 5.74) is 2.06. The molecule has 1 aliphatic heterocycles. The molecule has 0 saturated carbocycles. The van der Waals surface area contributed by atoms with Gasteiger partial charge in [-0.15, -0.1) is 10.2 Å². The van der Waals surface area contributed by atoms with Gasteiger partial charge in [-0.3, -0.25) is 9.59 Å². The lowest BCUT2D eigenvalue weighted by Crippen LogP contribution is -2.24. The largest absolute Gasteiger partial charge is 0.497 e. The average Bonchev–Trinajstić information content (AvgIpc) is 3.41. The van der Waals surface area contributed by atoms with Gasteiger partial charge >= 0.3 is 0 Å². The van der Waals surface area contributed by atoms with Crippen molar-refractivity contribution < 1.29 is 14.3 Å². The Morgan fingerprint density at radius 3 is 2.68 bits per heavy atom. The second-order valence-electron chi connectivity index (χ2n) is 7.44. The number of methoxy groups -OCH3 is 1. The first-order chi connectivity index (χ1) is 15.1. The summed E-state index contributed by atoms with van der Waals surface area (Å²) in [7, 11) is 1.61. The standard InChI is InChI=1S/C23H24N4O3S/c1-30-19-12-10-18(11-13-19)27-15-17(14-21(27)29)22-25-26-23(31-22)24-20(28)9-5-8-16-6-3-2-4-7-16/h2-4,6-7,10-13,17H,5,8-9,14-15H2,1H3,(H,24,26,28)/t17-/m1/s1. The monoisotopic (exact) mass is 436 g/mol. The lowest BCUT2D eigenvalue weighted by molar-refractivity contribution is -0.117. The zero-order valence-electron chi connectivity index (χ0n) is 17.3. The van der Waals surface area contributed by atoms with Crippen LogP contribution in [0.3, 0.4) is 0 Å². The van der Waals surface area contributed by atoms with E-state index in [4.69, 9.17) is 4.74 Å². The third kappa shape index (κ3) is 5.27. The number of nitrogens with zero attached hydrogens (tertiary/aromatic N) is 3. The first-order valence-corrected chi connectivity index (χ1v) is 11.1. The highest BCUT2D eigenvalue weighted by atomic mass is 32.1. The fourth-order valence-corrected chi connectivity index (χ4v) is 4.47. The van der Waals surface area contributed by atoms with Gasteiger partial charge in [-0.1, -0.05) is 41.7 Å². The van der Waals surface area contributed by atoms with Crippen LogP contribution in [0, 0.1) is 0 Å². The molecule has 0 aliphatic carbocycles. The molecule has 0 radical (unpaired) electrons. The summed E-state index contributed by atoms with van der Waals surface area (Å²) in [6.07, 6.45) is 2.44. The number of carbonyl (C=O) groups excluding carboxylic acids is 2. The van der Waals surface area contributed by atoms with Gasteiger partial charge in [0.1, 0.15) is 10.8 Å². The number of amides is 2. The molecule has 3 aromatic rings. The summed E-state index contributed by atoms with van der Waals surface area (Å²) in [5.74, 6) is 0.703. The zero-order valence-corrected chi connectivity index (χ0v) is 18.1. The topological polar surface area (TPSA) is 84.4 Å². The first-order valence-electron chi connectivity index (χ1n) is 10.2. The number of benzene rings is 2. The van der Waals surface area contributed by atoms with Crippen molar-refractivity contribution in [1.82, 2.24) is 10.2 Å². The van der Waals surface area contributed by atoms with Crippen LogP contribution >= 0.6 is 11.3 Å². The van der Waals surface area contributed by atoms with Crippen molar-refractivity contribution in [2.24, 2.45) is 0 Å². The van der Waals surface area contributed by atoms with Crippen molar-refractivity contribution in [3.8, 4) is 5.75 Å². The summed E-state index contributed by atoms with van der Waals surface area (Å²) < 4.78 is 5.18. The van der Waals surface area contributed by atoms with Crippen molar-refractivity contribution >= 4 is 34.0 Å². The predicted molar refractivity (Wildman–Crippen MR) is 121 cm³/mol. The third-order valence-electron chi connectivity index (χ3n) is 5.26. The van der Waals surface area contributed by atoms with Crippen molar-refractivity contribution in [3.05, 3.63) is 65.2 Å². The van der Waals surface area contributed by atoms with Gasteiger partial charge in [0.25, 0.3) is 0 Å². The molecular weight excluding hydrogens is 412 g/mol. The molecule has 4 rings (SSSR count). The minimum atomic E-state index is -0.0685. The number of aromatic nitrogens is 2. The van der Waals surface area contributed by atoms with E-state index in [1.807, 2.05) is 42.5 Å². The maximum absolute atomic E-state index is 12.5. The SMILES string of the molecule is COc1ccc(N2C[C@H](c3nnc(NC(=O)CCCc4ccccc4)s3)CC2=O)cc1. The molecule has 160 valence electrons. The van der Waals surface area contributed by atoms with Crippen LogP contribution in [0.15, 0.2) is 54.6 Å². The second-order valence-corrected chi connectivity index (χ2v) is 8.45. The normalized spacial score (nSPS) is 15.8. The summed E-state index contributed by atoms with van der Waals surface area (Å²) in [6.45, 7) is 0.546. The number of ether oxygens (including phenoxy) is 1. The average molecular weight is 437 g/mol. The lowest BCUT2D eigenvalue weighted by atomic mass is 10.1. The second kappa shape index (κ2) is 9.70. The van der Waals surface area contributed by atoms with Gasteiger partial charge in [0.2, 0.25) is 16.9 Å². The molecule has 1 N–H and O–H groups in total. The van der Waals surface area contributed by atoms with Gasteiger partial charge < -0.3 is 15.0 Å². The Kier molecular flexibility index (Phi) is 6.57. The van der Waals surface area contributed by atoms with Gasteiger partial charge in [0.15, 0.2) is 0 Å². The van der Waals surface area contributed by atoms with Crippen molar-refractivity contribution in [2.75, 3.05) is 23.9 Å². The summed E-state index contributed by atoms with van der Waals surface area (Å²) in [4.78, 5) is 26.5. The summed E-state index contributed by atoms with van der Waals surface area (Å²) in [5, 5.41) is 12.4. The van der Waals surface area contributed by atoms with Crippen molar-refractivity contribution in [3.63, 3.8) is 0 Å². The Labute approximate surface area is 185 Å². The number of anilines is 2. The lowest BCUT2D eigenvalue weighted by Gasteiger charge is -2.16. The number of carbonyl (C=O) groups is 2. The number of rotatable bonds is 8. The van der Waals surface area contributed by atoms with Gasteiger partial charge in [0.05, 0.1) is 7.11 Å². The van der Waals surface area contributed by atoms with Crippen LogP contribution in [-0.2, 0) is 16.0 Å². The van der Waals surface area contributed by atoms with E-state index < -0.39 is 0 Å². The highest BCUT2D eigenvalue weighted by Crippen LogP contribution is 2.34. The van der Waals surface area contributed by atoms with Crippen LogP contribution in [0.2, 0.25) is 0 Å². The van der Waals surface area contributed by atoms with Crippen LogP contribution in [0.5, 0.6) is 5.75 Å². The summed E-state index contributed by atoms with van der Waals surface area (Å²) >= 11 is 1.34. The Balaban J connectivity index is 1.30. The van der Waals surface area contributed by atoms with Gasteiger partial charge in [0, 0.05) is 31.0 Å². The minimum absolute atomic E-state index is 0.0316. The number of hydrogen-bond acceptors (Lipinski definition) is 6. The maximum Gasteiger partial charge on any atom is 0.227 e. The fraction of sp³-hybridized carbons (Fsp3) is 0.304. The Morgan fingerprint density at radius 1 is 1.16 bits per heavy atom. The zero-order chi connectivity index (χ0) is 21.6. The molecule has 8 heteroatoms. The van der Waals surface area contributed by atoms with E-state index in [2.05, 4.69) is 27.6 Å². The predicted octanol–water partition coefficient (Wildman–Crippen LogP) is 4.03. The summed E-state index contributed by atoms with van der Waals surface area (Å²) in [6, 6.07) is 17.5. The Bertz CT molecular complexity index is 1040. The van der Waals surface area contributed by atoms with Crippen molar-refractivity contribution in [1.29, 1.82) is 0 Å². The number of nitrogens with one attached hydrogen (secondary N) is 1. The molecule has 7 nitrogen and oxygen atoms in total. The van der Waals surface area contributed by atoms with E-state index in [1.54, 1.807) is 12.0 Å². The van der Waals surface area contributed by atoms with Crippen LogP contribution in [-0.4, -0.2) is 35.7 Å². The molecule has 31 heavy (non-hydrogen) atoms. The Hall–Kier alpha value is -3.26. The number of aryl methyl sites for hydroxylation is 1. The van der Waals surface area contributed by atoms with E-state index >= 15 is 0 Å². The fourth-order valence-electron chi connectivity index (χ4n) is 3.61. The van der Waals surface area contributed by atoms with E-state index in [0.717, 1.165) is 29.3 Å². The molecule has 1 aliphatic rings. The quantitative estimate of drug-likeness (QED) is 0.576. The first kappa shape index (κ1) is 21.0. The number of hydrogen-bond donors (Lipinski definition) is 1. The van der Waals surface area contributed by atoms with Crippen LogP contribution in [0.4, 0.5) is 10.8 Å². The molecule has 0 spiro atoms. The smallest absolute Gasteiger partial charge is 0.227 e. The van der Waals surface area contributed by atoms with E-state index in [9.17, 15) is 9.59 Å². The van der Waals surface area contributed by atoms with Crippen LogP contribution < -0.4 is 15.0 Å². The molecule has 2 aromatic carbocycles. The molecule has 1 saturated heterocycles. The Morgan fingerprint density at radius 2 is 1.94 bits per heavy atom. The molecule has 1 fully saturated rings. The van der Waals surface area contributed by atoms with E-state index in [0.29, 0.717) is 24.5 Å².